The van der Waals surface area contributed by atoms with Crippen LogP contribution in [-0.2, 0) is 0 Å². The average molecular weight is 261 g/mol. The van der Waals surface area contributed by atoms with Crippen molar-refractivity contribution in [2.45, 2.75) is 52.5 Å². The zero-order valence-electron chi connectivity index (χ0n) is 12.5. The first-order chi connectivity index (χ1) is 9.20. The second kappa shape index (κ2) is 6.99. The minimum absolute atomic E-state index is 0.325. The number of hydrogen-bond donors (Lipinski definition) is 1. The third-order valence-corrected chi connectivity index (χ3v) is 4.16. The van der Waals surface area contributed by atoms with Crippen molar-refractivity contribution in [3.63, 3.8) is 0 Å². The van der Waals surface area contributed by atoms with E-state index >= 15 is 0 Å². The molecule has 3 atom stereocenters. The van der Waals surface area contributed by atoms with Crippen LogP contribution in [-0.4, -0.2) is 16.5 Å². The van der Waals surface area contributed by atoms with Crippen molar-refractivity contribution in [2.75, 3.05) is 6.54 Å². The molecule has 3 nitrogen and oxygen atoms in total. The van der Waals surface area contributed by atoms with Crippen molar-refractivity contribution in [1.29, 1.82) is 0 Å². The van der Waals surface area contributed by atoms with Gasteiger partial charge in [-0.3, -0.25) is 0 Å². The summed E-state index contributed by atoms with van der Waals surface area (Å²) in [5.41, 5.74) is 0. The summed E-state index contributed by atoms with van der Waals surface area (Å²) in [7, 11) is 0. The highest BCUT2D eigenvalue weighted by atomic mass is 15.0. The van der Waals surface area contributed by atoms with E-state index in [1.54, 1.807) is 0 Å². The predicted molar refractivity (Wildman–Crippen MR) is 78.7 cm³/mol. The van der Waals surface area contributed by atoms with E-state index in [0.29, 0.717) is 12.0 Å². The van der Waals surface area contributed by atoms with Gasteiger partial charge in [-0.15, -0.1) is 0 Å². The van der Waals surface area contributed by atoms with Crippen LogP contribution in [0, 0.1) is 17.8 Å². The summed E-state index contributed by atoms with van der Waals surface area (Å²) in [6.07, 6.45) is 8.83. The van der Waals surface area contributed by atoms with Gasteiger partial charge in [0.25, 0.3) is 0 Å². The van der Waals surface area contributed by atoms with Gasteiger partial charge in [0, 0.05) is 12.4 Å². The molecule has 1 aromatic rings. The number of rotatable bonds is 5. The lowest BCUT2D eigenvalue weighted by molar-refractivity contribution is 0.172. The Bertz CT molecular complexity index is 356. The molecule has 1 fully saturated rings. The molecule has 1 saturated carbocycles. The summed E-state index contributed by atoms with van der Waals surface area (Å²) in [4.78, 5) is 8.97. The summed E-state index contributed by atoms with van der Waals surface area (Å²) >= 11 is 0. The third kappa shape index (κ3) is 4.00. The van der Waals surface area contributed by atoms with Gasteiger partial charge >= 0.3 is 0 Å². The summed E-state index contributed by atoms with van der Waals surface area (Å²) < 4.78 is 0. The molecule has 0 spiro atoms. The van der Waals surface area contributed by atoms with Crippen LogP contribution in [0.25, 0.3) is 0 Å². The molecule has 19 heavy (non-hydrogen) atoms. The number of aromatic nitrogens is 2. The lowest BCUT2D eigenvalue weighted by Gasteiger charge is -2.36. The largest absolute Gasteiger partial charge is 0.307 e. The normalized spacial score (nSPS) is 29.1. The summed E-state index contributed by atoms with van der Waals surface area (Å²) in [5, 5.41) is 3.67. The Morgan fingerprint density at radius 2 is 1.79 bits per heavy atom. The first-order valence-corrected chi connectivity index (χ1v) is 7.71. The van der Waals surface area contributed by atoms with Gasteiger partial charge in [0.1, 0.15) is 5.82 Å². The molecular formula is C16H27N3. The zero-order valence-corrected chi connectivity index (χ0v) is 12.5. The van der Waals surface area contributed by atoms with Crippen molar-refractivity contribution in [3.05, 3.63) is 24.3 Å². The van der Waals surface area contributed by atoms with Crippen LogP contribution >= 0.6 is 0 Å². The van der Waals surface area contributed by atoms with E-state index in [2.05, 4.69) is 36.1 Å². The molecule has 1 aliphatic rings. The van der Waals surface area contributed by atoms with Gasteiger partial charge in [-0.2, -0.15) is 0 Å². The van der Waals surface area contributed by atoms with Gasteiger partial charge in [0.2, 0.25) is 0 Å². The van der Waals surface area contributed by atoms with Crippen LogP contribution in [0.1, 0.15) is 58.3 Å². The molecule has 1 aromatic heterocycles. The first kappa shape index (κ1) is 14.4. The zero-order chi connectivity index (χ0) is 13.7. The highest BCUT2D eigenvalue weighted by Crippen LogP contribution is 2.38. The van der Waals surface area contributed by atoms with Crippen LogP contribution < -0.4 is 5.32 Å². The Labute approximate surface area is 117 Å². The molecule has 0 radical (unpaired) electrons. The fraction of sp³-hybridized carbons (Fsp3) is 0.750. The average Bonchev–Trinajstić information content (AvgIpc) is 2.39. The van der Waals surface area contributed by atoms with Crippen LogP contribution in [0.3, 0.4) is 0 Å². The van der Waals surface area contributed by atoms with Crippen LogP contribution in [0.2, 0.25) is 0 Å². The molecular weight excluding hydrogens is 234 g/mol. The van der Waals surface area contributed by atoms with Gasteiger partial charge in [-0.25, -0.2) is 9.97 Å². The molecule has 1 aliphatic carbocycles. The summed E-state index contributed by atoms with van der Waals surface area (Å²) in [6, 6.07) is 2.22. The van der Waals surface area contributed by atoms with Gasteiger partial charge < -0.3 is 5.32 Å². The molecule has 0 amide bonds. The topological polar surface area (TPSA) is 37.8 Å². The maximum atomic E-state index is 4.48. The second-order valence-corrected chi connectivity index (χ2v) is 6.22. The van der Waals surface area contributed by atoms with Crippen LogP contribution in [0.15, 0.2) is 18.5 Å². The van der Waals surface area contributed by atoms with Crippen molar-refractivity contribution in [3.8, 4) is 0 Å². The SMILES string of the molecule is CCCNC(c1ncccn1)C1CC(C)CC(C)C1. The highest BCUT2D eigenvalue weighted by Gasteiger charge is 2.31. The summed E-state index contributed by atoms with van der Waals surface area (Å²) in [6.45, 7) is 8.01. The lowest BCUT2D eigenvalue weighted by Crippen LogP contribution is -2.34. The van der Waals surface area contributed by atoms with E-state index in [1.165, 1.54) is 19.3 Å². The third-order valence-electron chi connectivity index (χ3n) is 4.16. The number of nitrogens with one attached hydrogen (secondary N) is 1. The van der Waals surface area contributed by atoms with E-state index < -0.39 is 0 Å². The van der Waals surface area contributed by atoms with Gasteiger partial charge in [-0.1, -0.05) is 20.8 Å². The Kier molecular flexibility index (Phi) is 5.32. The predicted octanol–water partition coefficient (Wildman–Crippen LogP) is 3.59. The first-order valence-electron chi connectivity index (χ1n) is 7.71. The van der Waals surface area contributed by atoms with Gasteiger partial charge in [0.15, 0.2) is 0 Å². The minimum Gasteiger partial charge on any atom is -0.307 e. The van der Waals surface area contributed by atoms with Crippen LogP contribution in [0.5, 0.6) is 0 Å². The highest BCUT2D eigenvalue weighted by molar-refractivity contribution is 5.00. The lowest BCUT2D eigenvalue weighted by atomic mass is 9.73. The second-order valence-electron chi connectivity index (χ2n) is 6.22. The monoisotopic (exact) mass is 261 g/mol. The van der Waals surface area contributed by atoms with E-state index in [-0.39, 0.29) is 0 Å². The molecule has 3 heteroatoms. The van der Waals surface area contributed by atoms with Gasteiger partial charge in [-0.05, 0) is 56.0 Å². The van der Waals surface area contributed by atoms with E-state index in [9.17, 15) is 0 Å². The summed E-state index contributed by atoms with van der Waals surface area (Å²) in [5.74, 6) is 3.29. The molecule has 0 bridgehead atoms. The molecule has 0 saturated heterocycles. The number of nitrogens with zero attached hydrogens (tertiary/aromatic N) is 2. The molecule has 2 rings (SSSR count). The molecule has 3 unspecified atom stereocenters. The standard InChI is InChI=1S/C16H27N3/c1-4-6-17-15(16-18-7-5-8-19-16)14-10-12(2)9-13(3)11-14/h5,7-8,12-15,17H,4,6,9-11H2,1-3H3. The minimum atomic E-state index is 0.325. The molecule has 0 aromatic carbocycles. The quantitative estimate of drug-likeness (QED) is 0.880. The fourth-order valence-electron chi connectivity index (χ4n) is 3.52. The smallest absolute Gasteiger partial charge is 0.145 e. The molecule has 1 heterocycles. The van der Waals surface area contributed by atoms with Crippen LogP contribution in [0.4, 0.5) is 0 Å². The maximum Gasteiger partial charge on any atom is 0.145 e. The molecule has 106 valence electrons. The van der Waals surface area contributed by atoms with E-state index in [1.807, 2.05) is 18.5 Å². The van der Waals surface area contributed by atoms with Crippen molar-refractivity contribution in [1.82, 2.24) is 15.3 Å². The molecule has 1 N–H and O–H groups in total. The van der Waals surface area contributed by atoms with Crippen molar-refractivity contribution >= 4 is 0 Å². The Morgan fingerprint density at radius 3 is 2.37 bits per heavy atom. The van der Waals surface area contributed by atoms with E-state index in [4.69, 9.17) is 0 Å². The Morgan fingerprint density at radius 1 is 1.16 bits per heavy atom. The maximum absolute atomic E-state index is 4.48. The van der Waals surface area contributed by atoms with Crippen molar-refractivity contribution in [2.24, 2.45) is 17.8 Å². The molecule has 0 aliphatic heterocycles. The Hall–Kier alpha value is -0.960. The van der Waals surface area contributed by atoms with E-state index in [0.717, 1.165) is 30.6 Å². The van der Waals surface area contributed by atoms with Crippen molar-refractivity contribution < 1.29 is 0 Å². The van der Waals surface area contributed by atoms with Gasteiger partial charge in [0.05, 0.1) is 6.04 Å². The fourth-order valence-corrected chi connectivity index (χ4v) is 3.52. The number of hydrogen-bond acceptors (Lipinski definition) is 3. The Balaban J connectivity index is 2.12.